The number of nitrogens with zero attached hydrogens (tertiary/aromatic N) is 4. The van der Waals surface area contributed by atoms with Crippen molar-refractivity contribution in [3.8, 4) is 23.1 Å². The van der Waals surface area contributed by atoms with Crippen molar-refractivity contribution < 1.29 is 14.2 Å². The number of aromatic nitrogens is 3. The summed E-state index contributed by atoms with van der Waals surface area (Å²) in [5, 5.41) is 1.84. The highest BCUT2D eigenvalue weighted by Crippen LogP contribution is 2.36. The van der Waals surface area contributed by atoms with E-state index in [1.165, 1.54) is 11.9 Å². The molecule has 2 aromatic carbocycles. The largest absolute Gasteiger partial charge is 0.493 e. The zero-order valence-corrected chi connectivity index (χ0v) is 19.3. The van der Waals surface area contributed by atoms with Crippen molar-refractivity contribution >= 4 is 21.8 Å². The molecule has 0 amide bonds. The Labute approximate surface area is 198 Å². The fourth-order valence-corrected chi connectivity index (χ4v) is 3.96. The molecular formula is C27H26N4O3. The first-order valence-electron chi connectivity index (χ1n) is 11.3. The Kier molecular flexibility index (Phi) is 6.25. The predicted octanol–water partition coefficient (Wildman–Crippen LogP) is 5.44. The van der Waals surface area contributed by atoms with Crippen molar-refractivity contribution in [3.63, 3.8) is 0 Å². The van der Waals surface area contributed by atoms with Gasteiger partial charge in [-0.05, 0) is 55.4 Å². The molecule has 4 aromatic rings. The number of rotatable bonds is 8. The lowest BCUT2D eigenvalue weighted by atomic mass is 10.1. The molecule has 0 N–H and O–H groups in total. The number of pyridine rings is 1. The Morgan fingerprint density at radius 2 is 1.85 bits per heavy atom. The van der Waals surface area contributed by atoms with Crippen molar-refractivity contribution in [2.24, 2.45) is 0 Å². The summed E-state index contributed by atoms with van der Waals surface area (Å²) in [5.74, 6) is 2.38. The van der Waals surface area contributed by atoms with Gasteiger partial charge in [0.2, 0.25) is 5.88 Å². The van der Waals surface area contributed by atoms with Gasteiger partial charge in [0.05, 0.1) is 30.1 Å². The second kappa shape index (κ2) is 9.79. The van der Waals surface area contributed by atoms with Gasteiger partial charge in [-0.2, -0.15) is 0 Å². The van der Waals surface area contributed by atoms with E-state index in [4.69, 9.17) is 14.2 Å². The topological polar surface area (TPSA) is 69.6 Å². The van der Waals surface area contributed by atoms with Gasteiger partial charge in [-0.1, -0.05) is 12.2 Å². The van der Waals surface area contributed by atoms with Crippen LogP contribution in [0.25, 0.3) is 21.8 Å². The smallest absolute Gasteiger partial charge is 0.230 e. The van der Waals surface area contributed by atoms with Gasteiger partial charge >= 0.3 is 0 Å². The van der Waals surface area contributed by atoms with Gasteiger partial charge in [-0.15, -0.1) is 0 Å². The van der Waals surface area contributed by atoms with Crippen molar-refractivity contribution in [3.05, 3.63) is 78.9 Å². The van der Waals surface area contributed by atoms with Crippen LogP contribution in [0.15, 0.2) is 73.4 Å². The van der Waals surface area contributed by atoms with Crippen LogP contribution in [0.3, 0.4) is 0 Å². The maximum absolute atomic E-state index is 6.14. The highest BCUT2D eigenvalue weighted by Gasteiger charge is 2.14. The summed E-state index contributed by atoms with van der Waals surface area (Å²) in [7, 11) is 1.63. The van der Waals surface area contributed by atoms with Crippen LogP contribution in [0.1, 0.15) is 12.0 Å². The van der Waals surface area contributed by atoms with E-state index in [-0.39, 0.29) is 0 Å². The third-order valence-electron chi connectivity index (χ3n) is 5.76. The number of hydrogen-bond donors (Lipinski definition) is 0. The minimum absolute atomic E-state index is 0.451. The van der Waals surface area contributed by atoms with E-state index in [1.54, 1.807) is 13.3 Å². The van der Waals surface area contributed by atoms with E-state index >= 15 is 0 Å². The Bertz CT molecular complexity index is 1380. The van der Waals surface area contributed by atoms with Crippen molar-refractivity contribution in [2.75, 3.05) is 26.8 Å². The molecule has 1 aliphatic rings. The summed E-state index contributed by atoms with van der Waals surface area (Å²) in [5.41, 5.74) is 2.77. The van der Waals surface area contributed by atoms with E-state index in [1.807, 2.05) is 42.5 Å². The van der Waals surface area contributed by atoms with Crippen molar-refractivity contribution in [2.45, 2.75) is 13.3 Å². The van der Waals surface area contributed by atoms with Gasteiger partial charge in [0.1, 0.15) is 12.1 Å². The first-order chi connectivity index (χ1) is 16.7. The van der Waals surface area contributed by atoms with E-state index in [0.717, 1.165) is 41.3 Å². The molecule has 0 spiro atoms. The fourth-order valence-electron chi connectivity index (χ4n) is 3.96. The number of methoxy groups -OCH3 is 1. The van der Waals surface area contributed by atoms with E-state index in [9.17, 15) is 0 Å². The molecule has 34 heavy (non-hydrogen) atoms. The molecule has 172 valence electrons. The molecule has 0 atom stereocenters. The Morgan fingerprint density at radius 1 is 0.941 bits per heavy atom. The van der Waals surface area contributed by atoms with Crippen LogP contribution < -0.4 is 14.2 Å². The number of benzene rings is 2. The molecule has 7 heteroatoms. The van der Waals surface area contributed by atoms with Gasteiger partial charge in [-0.3, -0.25) is 4.98 Å². The molecular weight excluding hydrogens is 428 g/mol. The Morgan fingerprint density at radius 3 is 2.71 bits per heavy atom. The predicted molar refractivity (Wildman–Crippen MR) is 133 cm³/mol. The second-order valence-corrected chi connectivity index (χ2v) is 8.07. The summed E-state index contributed by atoms with van der Waals surface area (Å²) in [6.07, 6.45) is 12.5. The fraction of sp³-hybridized carbons (Fsp3) is 0.222. The van der Waals surface area contributed by atoms with Gasteiger partial charge < -0.3 is 19.1 Å². The number of allylic oxidation sites excluding steroid dienone is 2. The third kappa shape index (κ3) is 4.64. The van der Waals surface area contributed by atoms with Crippen LogP contribution in [-0.2, 0) is 0 Å². The third-order valence-corrected chi connectivity index (χ3v) is 5.76. The van der Waals surface area contributed by atoms with E-state index in [0.29, 0.717) is 29.7 Å². The molecule has 0 fully saturated rings. The molecule has 0 saturated carbocycles. The first-order valence-corrected chi connectivity index (χ1v) is 11.3. The molecule has 0 unspecified atom stereocenters. The van der Waals surface area contributed by atoms with Crippen molar-refractivity contribution in [1.29, 1.82) is 0 Å². The number of hydrogen-bond acceptors (Lipinski definition) is 7. The minimum atomic E-state index is 0.451. The summed E-state index contributed by atoms with van der Waals surface area (Å²) in [6, 6.07) is 11.6. The first kappa shape index (κ1) is 21.7. The average Bonchev–Trinajstić information content (AvgIpc) is 2.87. The Hall–Kier alpha value is -4.13. The zero-order valence-electron chi connectivity index (χ0n) is 19.3. The lowest BCUT2D eigenvalue weighted by Gasteiger charge is -2.20. The quantitative estimate of drug-likeness (QED) is 0.328. The molecule has 5 rings (SSSR count). The number of fused-ring (bicyclic) bond motifs is 2. The van der Waals surface area contributed by atoms with Gasteiger partial charge in [0, 0.05) is 36.8 Å². The molecule has 0 radical (unpaired) electrons. The standard InChI is InChI=1S/C27H26N4O3/c1-19-9-10-28-23-15-20(7-8-21(19)23)34-27-22-16-25(32-2)26(17-24(22)29-18-30-27)33-14-6-13-31-11-4-3-5-12-31/h3-5,7-11,15-18H,6,12-14H2,1-2H3. The summed E-state index contributed by atoms with van der Waals surface area (Å²) >= 11 is 0. The van der Waals surface area contributed by atoms with Crippen LogP contribution in [-0.4, -0.2) is 46.7 Å². The molecule has 0 aliphatic carbocycles. The summed E-state index contributed by atoms with van der Waals surface area (Å²) < 4.78 is 17.8. The molecule has 0 saturated heterocycles. The van der Waals surface area contributed by atoms with Crippen LogP contribution in [0.4, 0.5) is 0 Å². The van der Waals surface area contributed by atoms with Gasteiger partial charge in [-0.25, -0.2) is 9.97 Å². The van der Waals surface area contributed by atoms with E-state index in [2.05, 4.69) is 45.1 Å². The molecule has 0 bridgehead atoms. The monoisotopic (exact) mass is 454 g/mol. The maximum atomic E-state index is 6.14. The molecule has 1 aliphatic heterocycles. The maximum Gasteiger partial charge on any atom is 0.230 e. The normalized spacial score (nSPS) is 12.9. The SMILES string of the molecule is COc1cc2c(Oc3ccc4c(C)ccnc4c3)ncnc2cc1OCCCN1C=CC=CC1. The second-order valence-electron chi connectivity index (χ2n) is 8.07. The lowest BCUT2D eigenvalue weighted by Crippen LogP contribution is -2.21. The summed E-state index contributed by atoms with van der Waals surface area (Å²) in [6.45, 7) is 4.50. The Balaban J connectivity index is 1.34. The highest BCUT2D eigenvalue weighted by molar-refractivity contribution is 5.87. The molecule has 2 aromatic heterocycles. The molecule has 7 nitrogen and oxygen atoms in total. The number of ether oxygens (including phenoxy) is 3. The molecule has 3 heterocycles. The minimum Gasteiger partial charge on any atom is -0.493 e. The summed E-state index contributed by atoms with van der Waals surface area (Å²) in [4.78, 5) is 15.5. The van der Waals surface area contributed by atoms with Crippen LogP contribution in [0, 0.1) is 6.92 Å². The highest BCUT2D eigenvalue weighted by atomic mass is 16.5. The average molecular weight is 455 g/mol. The van der Waals surface area contributed by atoms with Gasteiger partial charge in [0.25, 0.3) is 0 Å². The van der Waals surface area contributed by atoms with Gasteiger partial charge in [0.15, 0.2) is 11.5 Å². The van der Waals surface area contributed by atoms with Crippen LogP contribution >= 0.6 is 0 Å². The van der Waals surface area contributed by atoms with E-state index < -0.39 is 0 Å². The lowest BCUT2D eigenvalue weighted by molar-refractivity contribution is 0.269. The number of aryl methyl sites for hydroxylation is 1. The van der Waals surface area contributed by atoms with Crippen LogP contribution in [0.2, 0.25) is 0 Å². The van der Waals surface area contributed by atoms with Crippen molar-refractivity contribution in [1.82, 2.24) is 19.9 Å². The van der Waals surface area contributed by atoms with Crippen LogP contribution in [0.5, 0.6) is 23.1 Å². The zero-order chi connectivity index (χ0) is 23.3.